The number of pyridine rings is 2. The maximum Gasteiger partial charge on any atom is 0.0741 e. The zero-order valence-electron chi connectivity index (χ0n) is 22.6. The number of benzene rings is 3. The summed E-state index contributed by atoms with van der Waals surface area (Å²) in [5.74, 6) is 0. The average Bonchev–Trinajstić information content (AvgIpc) is 2.96. The predicted molar refractivity (Wildman–Crippen MR) is 166 cm³/mol. The Morgan fingerprint density at radius 2 is 1.33 bits per heavy atom. The van der Waals surface area contributed by atoms with Crippen LogP contribution in [0.4, 0.5) is 11.4 Å². The number of para-hydroxylation sites is 2. The molecule has 1 aliphatic carbocycles. The van der Waals surface area contributed by atoms with E-state index in [1.54, 1.807) is 0 Å². The highest BCUT2D eigenvalue weighted by atomic mass is 35.5. The highest BCUT2D eigenvalue weighted by Crippen LogP contribution is 2.34. The van der Waals surface area contributed by atoms with Crippen LogP contribution in [0, 0.1) is 0 Å². The molecule has 6 heteroatoms. The fourth-order valence-corrected chi connectivity index (χ4v) is 6.03. The number of nitrogens with one attached hydrogen (secondary N) is 2. The third kappa shape index (κ3) is 5.66. The fraction of sp³-hybridized carbons (Fsp3) is 0.333. The van der Waals surface area contributed by atoms with Crippen LogP contribution in [0.2, 0.25) is 5.02 Å². The van der Waals surface area contributed by atoms with Crippen molar-refractivity contribution in [3.8, 4) is 0 Å². The molecule has 200 valence electrons. The van der Waals surface area contributed by atoms with Crippen molar-refractivity contribution in [3.63, 3.8) is 0 Å². The minimum atomic E-state index is 0.748. The first kappa shape index (κ1) is 25.8. The van der Waals surface area contributed by atoms with Crippen LogP contribution in [0.25, 0.3) is 32.7 Å². The maximum atomic E-state index is 6.28. The van der Waals surface area contributed by atoms with E-state index >= 15 is 0 Å². The van der Waals surface area contributed by atoms with E-state index in [0.717, 1.165) is 73.4 Å². The Hall–Kier alpha value is -3.41. The number of nitrogens with zero attached hydrogens (tertiary/aromatic N) is 3. The largest absolute Gasteiger partial charge is 0.384 e. The van der Waals surface area contributed by atoms with E-state index in [-0.39, 0.29) is 0 Å². The monoisotopic (exact) mass is 537 g/mol. The molecule has 0 amide bonds. The molecule has 5 nitrogen and oxygen atoms in total. The van der Waals surface area contributed by atoms with Crippen molar-refractivity contribution in [3.05, 3.63) is 83.0 Å². The molecule has 0 fully saturated rings. The lowest BCUT2D eigenvalue weighted by molar-refractivity contribution is 0.331. The van der Waals surface area contributed by atoms with Crippen molar-refractivity contribution in [2.75, 3.05) is 43.9 Å². The first-order valence-corrected chi connectivity index (χ1v) is 14.6. The van der Waals surface area contributed by atoms with Crippen LogP contribution < -0.4 is 10.6 Å². The van der Waals surface area contributed by atoms with Crippen molar-refractivity contribution < 1.29 is 0 Å². The van der Waals surface area contributed by atoms with Crippen LogP contribution in [-0.2, 0) is 12.8 Å². The van der Waals surface area contributed by atoms with E-state index < -0.39 is 0 Å². The molecule has 0 spiro atoms. The second-order valence-corrected chi connectivity index (χ2v) is 11.1. The lowest BCUT2D eigenvalue weighted by Gasteiger charge is -2.22. The van der Waals surface area contributed by atoms with Gasteiger partial charge in [0, 0.05) is 45.7 Å². The minimum absolute atomic E-state index is 0.748. The van der Waals surface area contributed by atoms with Gasteiger partial charge in [0.25, 0.3) is 0 Å². The number of anilines is 2. The summed E-state index contributed by atoms with van der Waals surface area (Å²) in [6.45, 7) is 4.00. The molecule has 2 N–H and O–H groups in total. The Balaban J connectivity index is 1.03. The van der Waals surface area contributed by atoms with Crippen molar-refractivity contribution >= 4 is 55.7 Å². The molecule has 1 aliphatic rings. The summed E-state index contributed by atoms with van der Waals surface area (Å²) in [5.41, 5.74) is 8.20. The molecular formula is C33H36ClN5. The highest BCUT2D eigenvalue weighted by molar-refractivity contribution is 6.31. The van der Waals surface area contributed by atoms with Gasteiger partial charge in [0.05, 0.1) is 22.2 Å². The third-order valence-electron chi connectivity index (χ3n) is 7.85. The third-order valence-corrected chi connectivity index (χ3v) is 8.08. The molecule has 2 aromatic heterocycles. The molecule has 0 saturated carbocycles. The summed E-state index contributed by atoms with van der Waals surface area (Å²) in [7, 11) is 2.23. The number of rotatable bonds is 10. The van der Waals surface area contributed by atoms with Gasteiger partial charge in [-0.2, -0.15) is 0 Å². The van der Waals surface area contributed by atoms with Crippen molar-refractivity contribution in [1.82, 2.24) is 14.9 Å². The van der Waals surface area contributed by atoms with E-state index in [1.807, 2.05) is 12.1 Å². The molecule has 0 aliphatic heterocycles. The Labute approximate surface area is 235 Å². The van der Waals surface area contributed by atoms with E-state index in [0.29, 0.717) is 0 Å². The molecule has 2 heterocycles. The number of halogens is 1. The van der Waals surface area contributed by atoms with Crippen molar-refractivity contribution in [2.24, 2.45) is 0 Å². The Morgan fingerprint density at radius 3 is 2.05 bits per heavy atom. The van der Waals surface area contributed by atoms with Gasteiger partial charge in [-0.25, -0.2) is 4.98 Å². The van der Waals surface area contributed by atoms with Gasteiger partial charge in [-0.05, 0) is 94.6 Å². The van der Waals surface area contributed by atoms with E-state index in [1.165, 1.54) is 51.6 Å². The van der Waals surface area contributed by atoms with Crippen LogP contribution >= 0.6 is 11.6 Å². The summed E-state index contributed by atoms with van der Waals surface area (Å²) in [5, 5.41) is 11.8. The number of hydrogen-bond acceptors (Lipinski definition) is 5. The molecule has 0 radical (unpaired) electrons. The topological polar surface area (TPSA) is 53.1 Å². The molecular weight excluding hydrogens is 502 g/mol. The lowest BCUT2D eigenvalue weighted by Crippen LogP contribution is -2.24. The Bertz CT molecular complexity index is 1560. The van der Waals surface area contributed by atoms with Crippen molar-refractivity contribution in [1.29, 1.82) is 0 Å². The van der Waals surface area contributed by atoms with Gasteiger partial charge in [0.2, 0.25) is 0 Å². The molecule has 0 saturated heterocycles. The number of aromatic nitrogens is 2. The highest BCUT2D eigenvalue weighted by Gasteiger charge is 2.18. The van der Waals surface area contributed by atoms with Crippen LogP contribution in [-0.4, -0.2) is 48.1 Å². The SMILES string of the molecule is CN(CCCNc1c2c(nc3cc(Cl)ccc13)CCCC2)CCCNc1c2ccccc2nc2ccccc12. The molecule has 6 rings (SSSR count). The standard InChI is InChI=1S/C33H36ClN5/c1-39(20-8-18-35-32-24-10-2-5-13-28(24)37-29-14-6-3-11-25(29)32)21-9-19-36-33-26-12-4-7-15-30(26)38-31-22-23(34)16-17-27(31)33/h2-3,5-6,10-11,13-14,16-17,22H,4,7-9,12,15,18-21H2,1H3,(H,35,37)(H,36,38). The van der Waals surface area contributed by atoms with Gasteiger partial charge in [0.15, 0.2) is 0 Å². The van der Waals surface area contributed by atoms with Gasteiger partial charge in [-0.15, -0.1) is 0 Å². The number of aryl methyl sites for hydroxylation is 1. The first-order valence-electron chi connectivity index (χ1n) is 14.2. The lowest BCUT2D eigenvalue weighted by atomic mass is 9.92. The quantitative estimate of drug-likeness (QED) is 0.141. The average molecular weight is 538 g/mol. The number of fused-ring (bicyclic) bond motifs is 4. The van der Waals surface area contributed by atoms with Crippen LogP contribution in [0.15, 0.2) is 66.7 Å². The fourth-order valence-electron chi connectivity index (χ4n) is 5.87. The van der Waals surface area contributed by atoms with E-state index in [9.17, 15) is 0 Å². The second kappa shape index (κ2) is 11.8. The summed E-state index contributed by atoms with van der Waals surface area (Å²) in [6, 6.07) is 22.9. The van der Waals surface area contributed by atoms with Gasteiger partial charge < -0.3 is 15.5 Å². The molecule has 5 aromatic rings. The molecule has 39 heavy (non-hydrogen) atoms. The smallest absolute Gasteiger partial charge is 0.0741 e. The van der Waals surface area contributed by atoms with Gasteiger partial charge in [-0.1, -0.05) is 48.0 Å². The molecule has 0 unspecified atom stereocenters. The predicted octanol–water partition coefficient (Wildman–Crippen LogP) is 7.70. The van der Waals surface area contributed by atoms with Crippen molar-refractivity contribution in [2.45, 2.75) is 38.5 Å². The Morgan fingerprint density at radius 1 is 0.718 bits per heavy atom. The zero-order valence-corrected chi connectivity index (χ0v) is 23.4. The van der Waals surface area contributed by atoms with E-state index in [2.05, 4.69) is 77.2 Å². The van der Waals surface area contributed by atoms with E-state index in [4.69, 9.17) is 21.6 Å². The summed E-state index contributed by atoms with van der Waals surface area (Å²) in [6.07, 6.45) is 6.81. The minimum Gasteiger partial charge on any atom is -0.384 e. The zero-order chi connectivity index (χ0) is 26.6. The second-order valence-electron chi connectivity index (χ2n) is 10.7. The molecule has 3 aromatic carbocycles. The summed E-state index contributed by atoms with van der Waals surface area (Å²) in [4.78, 5) is 12.2. The Kier molecular flexibility index (Phi) is 7.80. The van der Waals surface area contributed by atoms with Crippen LogP contribution in [0.3, 0.4) is 0 Å². The van der Waals surface area contributed by atoms with Gasteiger partial charge in [0.1, 0.15) is 0 Å². The molecule has 0 bridgehead atoms. The summed E-state index contributed by atoms with van der Waals surface area (Å²) < 4.78 is 0. The molecule has 0 atom stereocenters. The normalized spacial score (nSPS) is 13.3. The van der Waals surface area contributed by atoms with Crippen LogP contribution in [0.1, 0.15) is 36.9 Å². The first-order chi connectivity index (χ1) is 19.2. The van der Waals surface area contributed by atoms with Crippen LogP contribution in [0.5, 0.6) is 0 Å². The van der Waals surface area contributed by atoms with Gasteiger partial charge >= 0.3 is 0 Å². The number of hydrogen-bond donors (Lipinski definition) is 2. The van der Waals surface area contributed by atoms with Gasteiger partial charge in [-0.3, -0.25) is 4.98 Å². The maximum absolute atomic E-state index is 6.28. The summed E-state index contributed by atoms with van der Waals surface area (Å²) >= 11 is 6.28.